The molecule has 1 N–H and O–H groups in total. The largest absolute Gasteiger partial charge is 0.481 e. The number of carboxylic acid groups (broad SMARTS) is 1. The van der Waals surface area contributed by atoms with Crippen LogP contribution >= 0.6 is 11.3 Å². The maximum Gasteiger partial charge on any atom is 0.303 e. The van der Waals surface area contributed by atoms with Crippen LogP contribution in [0, 0.1) is 5.82 Å². The second-order valence-electron chi connectivity index (χ2n) is 5.78. The Bertz CT molecular complexity index is 787. The number of carbonyl (C=O) groups is 2. The van der Waals surface area contributed by atoms with Gasteiger partial charge in [-0.2, -0.15) is 5.10 Å². The van der Waals surface area contributed by atoms with Crippen LogP contribution in [-0.2, 0) is 9.59 Å². The minimum atomic E-state index is -0.924. The molecule has 5 nitrogen and oxygen atoms in total. The smallest absolute Gasteiger partial charge is 0.303 e. The summed E-state index contributed by atoms with van der Waals surface area (Å²) < 4.78 is 13.2. The van der Waals surface area contributed by atoms with Gasteiger partial charge in [0.05, 0.1) is 16.6 Å². The Hall–Kier alpha value is -2.54. The van der Waals surface area contributed by atoms with Gasteiger partial charge in [0.1, 0.15) is 5.82 Å². The minimum absolute atomic E-state index is 0.0533. The number of hydrogen-bond donors (Lipinski definition) is 1. The van der Waals surface area contributed by atoms with Gasteiger partial charge in [-0.3, -0.25) is 9.59 Å². The lowest BCUT2D eigenvalue weighted by atomic mass is 10.0. The summed E-state index contributed by atoms with van der Waals surface area (Å²) in [5.74, 6) is -1.48. The molecule has 1 amide bonds. The van der Waals surface area contributed by atoms with Crippen LogP contribution in [0.4, 0.5) is 4.39 Å². The highest BCUT2D eigenvalue weighted by molar-refractivity contribution is 7.12. The third-order valence-corrected chi connectivity index (χ3v) is 4.93. The first-order chi connectivity index (χ1) is 12.0. The van der Waals surface area contributed by atoms with E-state index in [2.05, 4.69) is 5.10 Å². The van der Waals surface area contributed by atoms with Crippen molar-refractivity contribution in [1.82, 2.24) is 5.01 Å². The van der Waals surface area contributed by atoms with Gasteiger partial charge in [-0.25, -0.2) is 9.40 Å². The average Bonchev–Trinajstić information content (AvgIpc) is 3.24. The molecular formula is C18H17FN2O3S. The van der Waals surface area contributed by atoms with Crippen LogP contribution in [0.2, 0.25) is 0 Å². The van der Waals surface area contributed by atoms with Crippen molar-refractivity contribution in [2.24, 2.45) is 5.10 Å². The van der Waals surface area contributed by atoms with Crippen molar-refractivity contribution in [1.29, 1.82) is 0 Å². The number of thiophene rings is 1. The standard InChI is InChI=1S/C18H17FN2O3S/c19-13-8-6-12(7-9-13)15-11-14(16-3-2-10-25-16)20-21(15)17(22)4-1-5-18(23)24/h2-3,6-10,15H,1,4-5,11H2,(H,23,24). The van der Waals surface area contributed by atoms with Gasteiger partial charge in [0.25, 0.3) is 0 Å². The number of nitrogens with zero attached hydrogens (tertiary/aromatic N) is 2. The number of carbonyl (C=O) groups excluding carboxylic acids is 1. The summed E-state index contributed by atoms with van der Waals surface area (Å²) in [5, 5.41) is 16.6. The maximum atomic E-state index is 13.2. The van der Waals surface area contributed by atoms with E-state index in [1.54, 1.807) is 23.5 Å². The maximum absolute atomic E-state index is 13.2. The van der Waals surface area contributed by atoms with Gasteiger partial charge in [0, 0.05) is 19.3 Å². The molecule has 0 fully saturated rings. The molecule has 1 aliphatic rings. The number of benzene rings is 1. The Morgan fingerprint density at radius 2 is 2.00 bits per heavy atom. The molecule has 0 radical (unpaired) electrons. The van der Waals surface area contributed by atoms with E-state index in [0.717, 1.165) is 16.2 Å². The van der Waals surface area contributed by atoms with Crippen molar-refractivity contribution in [3.05, 3.63) is 58.0 Å². The number of rotatable bonds is 6. The normalized spacial score (nSPS) is 16.8. The zero-order chi connectivity index (χ0) is 17.8. The molecule has 1 aromatic heterocycles. The molecule has 0 spiro atoms. The molecule has 130 valence electrons. The first-order valence-electron chi connectivity index (χ1n) is 7.95. The van der Waals surface area contributed by atoms with E-state index in [0.29, 0.717) is 6.42 Å². The molecule has 0 aliphatic carbocycles. The Labute approximate surface area is 148 Å². The van der Waals surface area contributed by atoms with Crippen LogP contribution in [0.25, 0.3) is 0 Å². The summed E-state index contributed by atoms with van der Waals surface area (Å²) in [6.07, 6.45) is 0.884. The van der Waals surface area contributed by atoms with Gasteiger partial charge in [-0.1, -0.05) is 18.2 Å². The summed E-state index contributed by atoms with van der Waals surface area (Å²) in [7, 11) is 0. The summed E-state index contributed by atoms with van der Waals surface area (Å²) in [5.41, 5.74) is 1.62. The lowest BCUT2D eigenvalue weighted by molar-refractivity contribution is -0.137. The van der Waals surface area contributed by atoms with Gasteiger partial charge in [0.2, 0.25) is 5.91 Å². The van der Waals surface area contributed by atoms with Crippen molar-refractivity contribution >= 4 is 28.9 Å². The van der Waals surface area contributed by atoms with Crippen LogP contribution in [-0.4, -0.2) is 27.7 Å². The highest BCUT2D eigenvalue weighted by Crippen LogP contribution is 2.34. The van der Waals surface area contributed by atoms with E-state index in [1.807, 2.05) is 17.5 Å². The highest BCUT2D eigenvalue weighted by atomic mass is 32.1. The molecule has 0 saturated heterocycles. The number of carboxylic acids is 1. The second-order valence-corrected chi connectivity index (χ2v) is 6.73. The van der Waals surface area contributed by atoms with E-state index in [1.165, 1.54) is 17.1 Å². The fraction of sp³-hybridized carbons (Fsp3) is 0.278. The van der Waals surface area contributed by atoms with E-state index < -0.39 is 5.97 Å². The Balaban J connectivity index is 1.81. The summed E-state index contributed by atoms with van der Waals surface area (Å²) in [4.78, 5) is 24.2. The number of aliphatic carboxylic acids is 1. The Kier molecular flexibility index (Phi) is 5.23. The quantitative estimate of drug-likeness (QED) is 0.851. The fourth-order valence-corrected chi connectivity index (χ4v) is 3.50. The fourth-order valence-electron chi connectivity index (χ4n) is 2.78. The van der Waals surface area contributed by atoms with Gasteiger partial charge in [0.15, 0.2) is 0 Å². The molecule has 2 aromatic rings. The first kappa shape index (κ1) is 17.3. The lowest BCUT2D eigenvalue weighted by Crippen LogP contribution is -2.27. The number of hydrogen-bond acceptors (Lipinski definition) is 4. The van der Waals surface area contributed by atoms with E-state index in [4.69, 9.17) is 5.11 Å². The number of halogens is 1. The zero-order valence-electron chi connectivity index (χ0n) is 13.4. The van der Waals surface area contributed by atoms with Crippen LogP contribution in [0.5, 0.6) is 0 Å². The van der Waals surface area contributed by atoms with Gasteiger partial charge < -0.3 is 5.11 Å². The molecule has 1 atom stereocenters. The summed E-state index contributed by atoms with van der Waals surface area (Å²) in [6, 6.07) is 9.62. The SMILES string of the molecule is O=C(O)CCCC(=O)N1N=C(c2cccs2)CC1c1ccc(F)cc1. The van der Waals surface area contributed by atoms with E-state index in [-0.39, 0.29) is 37.0 Å². The number of hydrazone groups is 1. The van der Waals surface area contributed by atoms with Crippen LogP contribution in [0.1, 0.15) is 42.2 Å². The molecule has 2 heterocycles. The van der Waals surface area contributed by atoms with Crippen molar-refractivity contribution in [3.63, 3.8) is 0 Å². The highest BCUT2D eigenvalue weighted by Gasteiger charge is 2.33. The Morgan fingerprint density at radius 3 is 2.64 bits per heavy atom. The molecule has 0 bridgehead atoms. The molecule has 0 saturated carbocycles. The second kappa shape index (κ2) is 7.57. The van der Waals surface area contributed by atoms with Gasteiger partial charge in [-0.15, -0.1) is 11.3 Å². The molecule has 7 heteroatoms. The van der Waals surface area contributed by atoms with E-state index in [9.17, 15) is 14.0 Å². The van der Waals surface area contributed by atoms with Crippen molar-refractivity contribution in [3.8, 4) is 0 Å². The third-order valence-electron chi connectivity index (χ3n) is 4.01. The third kappa shape index (κ3) is 4.11. The lowest BCUT2D eigenvalue weighted by Gasteiger charge is -2.22. The molecule has 1 aliphatic heterocycles. The zero-order valence-corrected chi connectivity index (χ0v) is 14.2. The van der Waals surface area contributed by atoms with Gasteiger partial charge >= 0.3 is 5.97 Å². The van der Waals surface area contributed by atoms with E-state index >= 15 is 0 Å². The minimum Gasteiger partial charge on any atom is -0.481 e. The summed E-state index contributed by atoms with van der Waals surface area (Å²) in [6.45, 7) is 0. The van der Waals surface area contributed by atoms with Crippen molar-refractivity contribution in [2.45, 2.75) is 31.7 Å². The first-order valence-corrected chi connectivity index (χ1v) is 8.83. The van der Waals surface area contributed by atoms with Crippen LogP contribution < -0.4 is 0 Å². The van der Waals surface area contributed by atoms with Crippen molar-refractivity contribution in [2.75, 3.05) is 0 Å². The average molecular weight is 360 g/mol. The van der Waals surface area contributed by atoms with Gasteiger partial charge in [-0.05, 0) is 35.6 Å². The summed E-state index contributed by atoms with van der Waals surface area (Å²) >= 11 is 1.55. The predicted molar refractivity (Wildman–Crippen MR) is 92.9 cm³/mol. The van der Waals surface area contributed by atoms with Crippen molar-refractivity contribution < 1.29 is 19.1 Å². The molecular weight excluding hydrogens is 343 g/mol. The molecule has 25 heavy (non-hydrogen) atoms. The van der Waals surface area contributed by atoms with Crippen LogP contribution in [0.3, 0.4) is 0 Å². The van der Waals surface area contributed by atoms with Crippen LogP contribution in [0.15, 0.2) is 46.9 Å². The Morgan fingerprint density at radius 1 is 1.24 bits per heavy atom. The molecule has 1 unspecified atom stereocenters. The molecule has 3 rings (SSSR count). The monoisotopic (exact) mass is 360 g/mol. The predicted octanol–water partition coefficient (Wildman–Crippen LogP) is 3.82. The molecule has 1 aromatic carbocycles. The topological polar surface area (TPSA) is 70.0 Å². The number of amides is 1.